The maximum atomic E-state index is 5.81. The first kappa shape index (κ1) is 17.1. The monoisotopic (exact) mass is 373 g/mol. The van der Waals surface area contributed by atoms with Crippen molar-refractivity contribution < 1.29 is 4.42 Å². The standard InChI is InChI=1S/C22H23N5O/c1-15-8-9-18(16(2)12-15)22-23-17(14-28-22)13-26-10-5-6-19(26)21-25-24-20-7-3-4-11-27(20)21/h3-4,7-9,11-12,14,19H,5-6,10,13H2,1-2H3. The van der Waals surface area contributed by atoms with Crippen molar-refractivity contribution in [1.29, 1.82) is 0 Å². The number of likely N-dealkylation sites (tertiary alicyclic amines) is 1. The second kappa shape index (κ2) is 6.87. The van der Waals surface area contributed by atoms with Crippen LogP contribution in [0.1, 0.15) is 41.5 Å². The van der Waals surface area contributed by atoms with Gasteiger partial charge in [0, 0.05) is 18.3 Å². The Morgan fingerprint density at radius 3 is 2.96 bits per heavy atom. The van der Waals surface area contributed by atoms with Gasteiger partial charge in [0.15, 0.2) is 11.5 Å². The molecule has 1 fully saturated rings. The fourth-order valence-corrected chi connectivity index (χ4v) is 4.16. The molecule has 0 amide bonds. The molecule has 0 saturated carbocycles. The van der Waals surface area contributed by atoms with E-state index in [0.717, 1.165) is 48.7 Å². The van der Waals surface area contributed by atoms with Crippen LogP contribution in [-0.2, 0) is 6.54 Å². The van der Waals surface area contributed by atoms with E-state index in [0.29, 0.717) is 5.89 Å². The fraction of sp³-hybridized carbons (Fsp3) is 0.318. The molecular formula is C22H23N5O. The second-order valence-electron chi connectivity index (χ2n) is 7.58. The van der Waals surface area contributed by atoms with Gasteiger partial charge >= 0.3 is 0 Å². The highest BCUT2D eigenvalue weighted by atomic mass is 16.3. The summed E-state index contributed by atoms with van der Waals surface area (Å²) in [6.07, 6.45) is 6.05. The Hall–Kier alpha value is -2.99. The number of fused-ring (bicyclic) bond motifs is 1. The van der Waals surface area contributed by atoms with E-state index in [2.05, 4.69) is 51.5 Å². The summed E-state index contributed by atoms with van der Waals surface area (Å²) in [7, 11) is 0. The largest absolute Gasteiger partial charge is 0.444 e. The molecule has 0 N–H and O–H groups in total. The fourth-order valence-electron chi connectivity index (χ4n) is 4.16. The van der Waals surface area contributed by atoms with Crippen molar-refractivity contribution in [3.8, 4) is 11.5 Å². The molecule has 1 aromatic carbocycles. The van der Waals surface area contributed by atoms with Gasteiger partial charge in [0.05, 0.1) is 11.7 Å². The minimum Gasteiger partial charge on any atom is -0.444 e. The maximum absolute atomic E-state index is 5.81. The number of nitrogens with zero attached hydrogens (tertiary/aromatic N) is 5. The average Bonchev–Trinajstić information content (AvgIpc) is 3.41. The van der Waals surface area contributed by atoms with Crippen LogP contribution < -0.4 is 0 Å². The highest BCUT2D eigenvalue weighted by molar-refractivity contribution is 5.59. The van der Waals surface area contributed by atoms with Crippen LogP contribution in [0.3, 0.4) is 0 Å². The molecule has 1 saturated heterocycles. The van der Waals surface area contributed by atoms with Gasteiger partial charge in [-0.15, -0.1) is 10.2 Å². The number of benzene rings is 1. The molecule has 28 heavy (non-hydrogen) atoms. The summed E-state index contributed by atoms with van der Waals surface area (Å²) in [4.78, 5) is 7.19. The van der Waals surface area contributed by atoms with Gasteiger partial charge < -0.3 is 4.42 Å². The zero-order valence-electron chi connectivity index (χ0n) is 16.2. The zero-order valence-corrected chi connectivity index (χ0v) is 16.2. The maximum Gasteiger partial charge on any atom is 0.226 e. The molecule has 5 rings (SSSR count). The highest BCUT2D eigenvalue weighted by Gasteiger charge is 2.30. The zero-order chi connectivity index (χ0) is 19.1. The molecule has 0 aliphatic carbocycles. The summed E-state index contributed by atoms with van der Waals surface area (Å²) in [6, 6.07) is 12.6. The van der Waals surface area contributed by atoms with Gasteiger partial charge in [-0.1, -0.05) is 23.8 Å². The summed E-state index contributed by atoms with van der Waals surface area (Å²) >= 11 is 0. The van der Waals surface area contributed by atoms with E-state index in [4.69, 9.17) is 9.40 Å². The van der Waals surface area contributed by atoms with Gasteiger partial charge in [-0.25, -0.2) is 4.98 Å². The Labute approximate surface area is 163 Å². The summed E-state index contributed by atoms with van der Waals surface area (Å²) in [6.45, 7) is 5.97. The Morgan fingerprint density at radius 1 is 1.14 bits per heavy atom. The van der Waals surface area contributed by atoms with Crippen LogP contribution in [0.5, 0.6) is 0 Å². The van der Waals surface area contributed by atoms with Crippen LogP contribution in [0.2, 0.25) is 0 Å². The number of hydrogen-bond donors (Lipinski definition) is 0. The third-order valence-corrected chi connectivity index (χ3v) is 5.53. The second-order valence-corrected chi connectivity index (χ2v) is 7.58. The van der Waals surface area contributed by atoms with Crippen molar-refractivity contribution in [2.75, 3.05) is 6.54 Å². The molecule has 1 unspecified atom stereocenters. The van der Waals surface area contributed by atoms with Gasteiger partial charge in [-0.05, 0) is 57.0 Å². The first-order chi connectivity index (χ1) is 13.7. The van der Waals surface area contributed by atoms with E-state index in [1.165, 1.54) is 11.1 Å². The highest BCUT2D eigenvalue weighted by Crippen LogP contribution is 2.33. The van der Waals surface area contributed by atoms with Gasteiger partial charge in [0.25, 0.3) is 0 Å². The molecule has 3 aromatic heterocycles. The Kier molecular flexibility index (Phi) is 4.20. The predicted octanol–water partition coefficient (Wildman–Crippen LogP) is 4.34. The lowest BCUT2D eigenvalue weighted by Gasteiger charge is -2.21. The topological polar surface area (TPSA) is 59.5 Å². The Bertz CT molecular complexity index is 1130. The van der Waals surface area contributed by atoms with E-state index in [1.807, 2.05) is 24.4 Å². The summed E-state index contributed by atoms with van der Waals surface area (Å²) in [5, 5.41) is 8.79. The Balaban J connectivity index is 1.39. The first-order valence-corrected chi connectivity index (χ1v) is 9.75. The van der Waals surface area contributed by atoms with Crippen molar-refractivity contribution in [1.82, 2.24) is 24.5 Å². The molecule has 0 radical (unpaired) electrons. The lowest BCUT2D eigenvalue weighted by molar-refractivity contribution is 0.236. The molecule has 4 aromatic rings. The summed E-state index contributed by atoms with van der Waals surface area (Å²) in [5.41, 5.74) is 5.33. The molecule has 0 bridgehead atoms. The predicted molar refractivity (Wildman–Crippen MR) is 107 cm³/mol. The van der Waals surface area contributed by atoms with Gasteiger partial charge in [0.1, 0.15) is 6.26 Å². The van der Waals surface area contributed by atoms with Crippen LogP contribution in [0, 0.1) is 13.8 Å². The van der Waals surface area contributed by atoms with Crippen LogP contribution in [0.4, 0.5) is 0 Å². The van der Waals surface area contributed by atoms with Crippen molar-refractivity contribution in [3.63, 3.8) is 0 Å². The number of rotatable bonds is 4. The molecule has 4 heterocycles. The third-order valence-electron chi connectivity index (χ3n) is 5.53. The number of aromatic nitrogens is 4. The summed E-state index contributed by atoms with van der Waals surface area (Å²) in [5.74, 6) is 1.70. The molecule has 142 valence electrons. The lowest BCUT2D eigenvalue weighted by Crippen LogP contribution is -2.24. The Morgan fingerprint density at radius 2 is 2.07 bits per heavy atom. The van der Waals surface area contributed by atoms with E-state index < -0.39 is 0 Å². The molecule has 1 atom stereocenters. The third kappa shape index (κ3) is 2.99. The van der Waals surface area contributed by atoms with E-state index in [-0.39, 0.29) is 6.04 Å². The average molecular weight is 373 g/mol. The molecule has 0 spiro atoms. The number of oxazole rings is 1. The van der Waals surface area contributed by atoms with Gasteiger partial charge in [-0.2, -0.15) is 0 Å². The van der Waals surface area contributed by atoms with Crippen LogP contribution in [0.15, 0.2) is 53.3 Å². The first-order valence-electron chi connectivity index (χ1n) is 9.75. The molecule has 1 aliphatic heterocycles. The molecular weight excluding hydrogens is 350 g/mol. The van der Waals surface area contributed by atoms with Gasteiger partial charge in [-0.3, -0.25) is 9.30 Å². The summed E-state index contributed by atoms with van der Waals surface area (Å²) < 4.78 is 7.90. The lowest BCUT2D eigenvalue weighted by atomic mass is 10.1. The quantitative estimate of drug-likeness (QED) is 0.533. The van der Waals surface area contributed by atoms with Gasteiger partial charge in [0.2, 0.25) is 5.89 Å². The van der Waals surface area contributed by atoms with Crippen LogP contribution in [0.25, 0.3) is 17.1 Å². The SMILES string of the molecule is Cc1ccc(-c2nc(CN3CCCC3c3nnc4ccccn34)co2)c(C)c1. The number of pyridine rings is 1. The minimum absolute atomic E-state index is 0.249. The molecule has 6 heteroatoms. The van der Waals surface area contributed by atoms with E-state index >= 15 is 0 Å². The smallest absolute Gasteiger partial charge is 0.226 e. The van der Waals surface area contributed by atoms with Crippen molar-refractivity contribution in [2.24, 2.45) is 0 Å². The van der Waals surface area contributed by atoms with Crippen molar-refractivity contribution >= 4 is 5.65 Å². The number of hydrogen-bond acceptors (Lipinski definition) is 5. The minimum atomic E-state index is 0.249. The normalized spacial score (nSPS) is 17.6. The molecule has 6 nitrogen and oxygen atoms in total. The van der Waals surface area contributed by atoms with E-state index in [1.54, 1.807) is 6.26 Å². The van der Waals surface area contributed by atoms with E-state index in [9.17, 15) is 0 Å². The number of aryl methyl sites for hydroxylation is 2. The van der Waals surface area contributed by atoms with Crippen molar-refractivity contribution in [2.45, 2.75) is 39.3 Å². The van der Waals surface area contributed by atoms with Crippen LogP contribution >= 0.6 is 0 Å². The molecule has 1 aliphatic rings. The van der Waals surface area contributed by atoms with Crippen LogP contribution in [-0.4, -0.2) is 31.0 Å². The van der Waals surface area contributed by atoms with Crippen molar-refractivity contribution in [3.05, 3.63) is 71.5 Å².